The molecule has 1 N–H and O–H groups in total. The minimum atomic E-state index is -0.432. The largest absolute Gasteiger partial charge is 0.494 e. The number of nitrogens with zero attached hydrogens (tertiary/aromatic N) is 3. The molecular formula is C27H33N3O2. The van der Waals surface area contributed by atoms with Gasteiger partial charge < -0.3 is 10.0 Å². The Morgan fingerprint density at radius 2 is 1.78 bits per heavy atom. The molecule has 1 aromatic heterocycles. The zero-order valence-electron chi connectivity index (χ0n) is 19.8. The number of hydrogen-bond acceptors (Lipinski definition) is 4. The van der Waals surface area contributed by atoms with Gasteiger partial charge in [-0.3, -0.25) is 9.36 Å². The van der Waals surface area contributed by atoms with Crippen molar-refractivity contribution < 1.29 is 5.11 Å². The zero-order chi connectivity index (χ0) is 23.5. The van der Waals surface area contributed by atoms with E-state index in [-0.39, 0.29) is 16.9 Å². The van der Waals surface area contributed by atoms with Crippen LogP contribution in [0.4, 0.5) is 5.69 Å². The average Bonchev–Trinajstić information content (AvgIpc) is 2.99. The number of aromatic nitrogens is 1. The normalized spacial score (nSPS) is 14.1. The SMILES string of the molecule is CCCCN1C(=C=Cc2c(C)c(C#N)c(=O)n(CCCC)c2O)C(C)(C)c2ccccc21. The maximum atomic E-state index is 12.7. The summed E-state index contributed by atoms with van der Waals surface area (Å²) in [5.41, 5.74) is 7.29. The van der Waals surface area contributed by atoms with Crippen molar-refractivity contribution in [2.24, 2.45) is 0 Å². The van der Waals surface area contributed by atoms with E-state index in [2.05, 4.69) is 55.7 Å². The minimum Gasteiger partial charge on any atom is -0.494 e. The Balaban J connectivity index is 2.23. The van der Waals surface area contributed by atoms with E-state index in [1.54, 1.807) is 13.0 Å². The number of anilines is 1. The summed E-state index contributed by atoms with van der Waals surface area (Å²) in [7, 11) is 0. The summed E-state index contributed by atoms with van der Waals surface area (Å²) >= 11 is 0. The molecule has 2 heterocycles. The maximum absolute atomic E-state index is 12.7. The maximum Gasteiger partial charge on any atom is 0.271 e. The molecule has 0 radical (unpaired) electrons. The molecule has 32 heavy (non-hydrogen) atoms. The summed E-state index contributed by atoms with van der Waals surface area (Å²) in [5, 5.41) is 20.5. The number of para-hydroxylation sites is 1. The minimum absolute atomic E-state index is 0.0776. The van der Waals surface area contributed by atoms with Crippen LogP contribution in [0.5, 0.6) is 5.88 Å². The summed E-state index contributed by atoms with van der Waals surface area (Å²) in [4.78, 5) is 15.0. The van der Waals surface area contributed by atoms with Crippen LogP contribution in [0, 0.1) is 18.3 Å². The van der Waals surface area contributed by atoms with Crippen LogP contribution in [0.1, 0.15) is 75.6 Å². The third kappa shape index (κ3) is 3.99. The molecule has 5 nitrogen and oxygen atoms in total. The number of nitriles is 1. The second kappa shape index (κ2) is 9.51. The molecule has 0 aliphatic carbocycles. The van der Waals surface area contributed by atoms with E-state index in [0.717, 1.165) is 37.9 Å². The van der Waals surface area contributed by atoms with Gasteiger partial charge in [-0.05, 0) is 56.9 Å². The van der Waals surface area contributed by atoms with Gasteiger partial charge in [0.15, 0.2) is 0 Å². The van der Waals surface area contributed by atoms with Crippen molar-refractivity contribution in [2.45, 2.75) is 72.3 Å². The first kappa shape index (κ1) is 23.4. The van der Waals surface area contributed by atoms with E-state index in [1.807, 2.05) is 13.0 Å². The molecule has 0 saturated heterocycles. The summed E-state index contributed by atoms with van der Waals surface area (Å²) in [6, 6.07) is 10.4. The van der Waals surface area contributed by atoms with Gasteiger partial charge >= 0.3 is 0 Å². The van der Waals surface area contributed by atoms with Gasteiger partial charge in [0.25, 0.3) is 5.56 Å². The quantitative estimate of drug-likeness (QED) is 0.577. The molecule has 0 fully saturated rings. The Bertz CT molecular complexity index is 1170. The molecule has 0 amide bonds. The lowest BCUT2D eigenvalue weighted by Gasteiger charge is -2.25. The lowest BCUT2D eigenvalue weighted by Crippen LogP contribution is -2.26. The molecule has 5 heteroatoms. The molecule has 1 aliphatic rings. The van der Waals surface area contributed by atoms with Gasteiger partial charge in [0.1, 0.15) is 11.6 Å². The third-order valence-corrected chi connectivity index (χ3v) is 6.40. The number of benzene rings is 1. The predicted octanol–water partition coefficient (Wildman–Crippen LogP) is 5.63. The standard InChI is InChI=1S/C27H33N3O2/c1-6-8-16-29-23-13-11-10-12-22(23)27(4,5)24(29)15-14-20-19(3)21(18-28)26(32)30(25(20)31)17-9-7-2/h10-14,31H,6-9,16-17H2,1-5H3. The molecule has 3 rings (SSSR count). The van der Waals surface area contributed by atoms with Crippen molar-refractivity contribution in [3.63, 3.8) is 0 Å². The van der Waals surface area contributed by atoms with Crippen LogP contribution in [-0.2, 0) is 12.0 Å². The first-order valence-corrected chi connectivity index (χ1v) is 11.5. The Labute approximate surface area is 190 Å². The Morgan fingerprint density at radius 3 is 2.44 bits per heavy atom. The molecule has 1 aliphatic heterocycles. The second-order valence-corrected chi connectivity index (χ2v) is 8.94. The molecular weight excluding hydrogens is 398 g/mol. The van der Waals surface area contributed by atoms with Gasteiger partial charge in [-0.25, -0.2) is 0 Å². The average molecular weight is 432 g/mol. The van der Waals surface area contributed by atoms with Gasteiger partial charge in [-0.2, -0.15) is 5.26 Å². The third-order valence-electron chi connectivity index (χ3n) is 6.40. The Morgan fingerprint density at radius 1 is 1.12 bits per heavy atom. The van der Waals surface area contributed by atoms with Crippen molar-refractivity contribution >= 4 is 11.8 Å². The van der Waals surface area contributed by atoms with Gasteiger partial charge in [-0.1, -0.05) is 50.6 Å². The van der Waals surface area contributed by atoms with Crippen LogP contribution >= 0.6 is 0 Å². The van der Waals surface area contributed by atoms with E-state index in [0.29, 0.717) is 17.7 Å². The van der Waals surface area contributed by atoms with Gasteiger partial charge in [0.2, 0.25) is 5.88 Å². The topological polar surface area (TPSA) is 69.3 Å². The van der Waals surface area contributed by atoms with Crippen molar-refractivity contribution in [3.05, 3.63) is 68.3 Å². The molecule has 0 unspecified atom stereocenters. The predicted molar refractivity (Wildman–Crippen MR) is 130 cm³/mol. The van der Waals surface area contributed by atoms with Crippen LogP contribution in [0.25, 0.3) is 6.08 Å². The van der Waals surface area contributed by atoms with E-state index in [1.165, 1.54) is 15.8 Å². The number of hydrogen-bond donors (Lipinski definition) is 1. The highest BCUT2D eigenvalue weighted by atomic mass is 16.3. The van der Waals surface area contributed by atoms with Crippen molar-refractivity contribution in [1.29, 1.82) is 5.26 Å². The fourth-order valence-electron chi connectivity index (χ4n) is 4.44. The van der Waals surface area contributed by atoms with Gasteiger partial charge in [-0.15, -0.1) is 0 Å². The number of aromatic hydroxyl groups is 1. The van der Waals surface area contributed by atoms with Crippen molar-refractivity contribution in [3.8, 4) is 11.9 Å². The summed E-state index contributed by atoms with van der Waals surface area (Å²) < 4.78 is 1.32. The molecule has 0 atom stereocenters. The number of pyridine rings is 1. The molecule has 0 bridgehead atoms. The summed E-state index contributed by atoms with van der Waals surface area (Å²) in [6.07, 6.45) is 5.52. The fourth-order valence-corrected chi connectivity index (χ4v) is 4.44. The second-order valence-electron chi connectivity index (χ2n) is 8.94. The van der Waals surface area contributed by atoms with Crippen LogP contribution < -0.4 is 10.5 Å². The molecule has 1 aromatic carbocycles. The Hall–Kier alpha value is -3.22. The highest BCUT2D eigenvalue weighted by Gasteiger charge is 2.39. The van der Waals surface area contributed by atoms with E-state index in [4.69, 9.17) is 0 Å². The fraction of sp³-hybridized carbons (Fsp3) is 0.444. The highest BCUT2D eigenvalue weighted by molar-refractivity contribution is 5.72. The van der Waals surface area contributed by atoms with Crippen LogP contribution in [0.3, 0.4) is 0 Å². The first-order valence-electron chi connectivity index (χ1n) is 11.5. The van der Waals surface area contributed by atoms with E-state index in [9.17, 15) is 15.2 Å². The van der Waals surface area contributed by atoms with Gasteiger partial charge in [0.05, 0.1) is 5.70 Å². The summed E-state index contributed by atoms with van der Waals surface area (Å²) in [5.74, 6) is -0.0959. The van der Waals surface area contributed by atoms with Crippen molar-refractivity contribution in [1.82, 2.24) is 4.57 Å². The number of fused-ring (bicyclic) bond motifs is 1. The lowest BCUT2D eigenvalue weighted by molar-refractivity contribution is 0.399. The molecule has 2 aromatic rings. The monoisotopic (exact) mass is 431 g/mol. The molecule has 0 saturated carbocycles. The smallest absolute Gasteiger partial charge is 0.271 e. The molecule has 0 spiro atoms. The van der Waals surface area contributed by atoms with Gasteiger partial charge in [0, 0.05) is 29.8 Å². The van der Waals surface area contributed by atoms with Crippen LogP contribution in [0.15, 0.2) is 40.5 Å². The van der Waals surface area contributed by atoms with Crippen LogP contribution in [-0.4, -0.2) is 16.2 Å². The molecule has 168 valence electrons. The van der Waals surface area contributed by atoms with Crippen molar-refractivity contribution in [2.75, 3.05) is 11.4 Å². The number of unbranched alkanes of at least 4 members (excludes halogenated alkanes) is 2. The first-order chi connectivity index (χ1) is 15.3. The number of allylic oxidation sites excluding steroid dienone is 1. The Kier molecular flexibility index (Phi) is 6.96. The lowest BCUT2D eigenvalue weighted by atomic mass is 9.84. The summed E-state index contributed by atoms with van der Waals surface area (Å²) in [6.45, 7) is 11.6. The number of rotatable bonds is 7. The zero-order valence-corrected chi connectivity index (χ0v) is 19.8. The van der Waals surface area contributed by atoms with E-state index < -0.39 is 5.56 Å². The van der Waals surface area contributed by atoms with E-state index >= 15 is 0 Å². The highest BCUT2D eigenvalue weighted by Crippen LogP contribution is 2.47. The van der Waals surface area contributed by atoms with Crippen LogP contribution in [0.2, 0.25) is 0 Å².